The van der Waals surface area contributed by atoms with Gasteiger partial charge in [0.25, 0.3) is 10.0 Å². The summed E-state index contributed by atoms with van der Waals surface area (Å²) in [5.74, 6) is 0. The van der Waals surface area contributed by atoms with Gasteiger partial charge in [-0.2, -0.15) is 0 Å². The number of fused-ring (bicyclic) bond motifs is 1. The van der Waals surface area contributed by atoms with E-state index in [0.29, 0.717) is 11.2 Å². The molecule has 0 spiro atoms. The summed E-state index contributed by atoms with van der Waals surface area (Å²) in [7, 11) is -3.88. The quantitative estimate of drug-likeness (QED) is 0.378. The van der Waals surface area contributed by atoms with Gasteiger partial charge in [-0.15, -0.1) is 0 Å². The van der Waals surface area contributed by atoms with E-state index in [-0.39, 0.29) is 10.4 Å². The smallest absolute Gasteiger partial charge is 0.314 e. The molecule has 0 fully saturated rings. The van der Waals surface area contributed by atoms with E-state index in [9.17, 15) is 18.0 Å². The number of sulfonamides is 1. The van der Waals surface area contributed by atoms with Gasteiger partial charge >= 0.3 is 11.1 Å². The van der Waals surface area contributed by atoms with Gasteiger partial charge in [-0.1, -0.05) is 18.2 Å². The van der Waals surface area contributed by atoms with Gasteiger partial charge < -0.3 is 15.3 Å². The lowest BCUT2D eigenvalue weighted by Crippen LogP contribution is -2.29. The second-order valence-electron chi connectivity index (χ2n) is 6.29. The number of H-pyrrole nitrogens is 2. The molecule has 0 amide bonds. The molecule has 0 aliphatic rings. The first-order valence-corrected chi connectivity index (χ1v) is 10.1. The molecular weight excluding hydrogens is 392 g/mol. The van der Waals surface area contributed by atoms with Crippen molar-refractivity contribution >= 4 is 38.1 Å². The number of anilines is 3. The Bertz CT molecular complexity index is 1390. The van der Waals surface area contributed by atoms with Crippen molar-refractivity contribution < 1.29 is 8.42 Å². The van der Waals surface area contributed by atoms with Crippen LogP contribution in [0.1, 0.15) is 0 Å². The minimum Gasteiger partial charge on any atom is -0.356 e. The highest BCUT2D eigenvalue weighted by Gasteiger charge is 2.15. The van der Waals surface area contributed by atoms with Crippen molar-refractivity contribution in [1.82, 2.24) is 9.97 Å². The summed E-state index contributed by atoms with van der Waals surface area (Å²) in [6.07, 6.45) is 0. The molecule has 8 nitrogen and oxygen atoms in total. The molecule has 3 aromatic carbocycles. The Hall–Kier alpha value is -3.85. The van der Waals surface area contributed by atoms with E-state index in [2.05, 4.69) is 20.0 Å². The number of hydrogen-bond donors (Lipinski definition) is 4. The third-order valence-electron chi connectivity index (χ3n) is 4.20. The fourth-order valence-corrected chi connectivity index (χ4v) is 3.87. The number of para-hydroxylation sites is 1. The van der Waals surface area contributed by atoms with Crippen LogP contribution in [0.5, 0.6) is 0 Å². The van der Waals surface area contributed by atoms with E-state index < -0.39 is 21.1 Å². The van der Waals surface area contributed by atoms with Crippen LogP contribution in [-0.2, 0) is 10.0 Å². The maximum Gasteiger partial charge on any atom is 0.314 e. The Kier molecular flexibility index (Phi) is 4.65. The number of aromatic amines is 2. The van der Waals surface area contributed by atoms with Crippen molar-refractivity contribution in [3.63, 3.8) is 0 Å². The Morgan fingerprint density at radius 2 is 1.24 bits per heavy atom. The highest BCUT2D eigenvalue weighted by molar-refractivity contribution is 7.92. The van der Waals surface area contributed by atoms with Crippen LogP contribution in [0.2, 0.25) is 0 Å². The molecule has 4 aromatic rings. The van der Waals surface area contributed by atoms with Crippen LogP contribution in [0.3, 0.4) is 0 Å². The lowest BCUT2D eigenvalue weighted by molar-refractivity contribution is 0.601. The molecule has 29 heavy (non-hydrogen) atoms. The van der Waals surface area contributed by atoms with E-state index in [0.717, 1.165) is 11.4 Å². The van der Waals surface area contributed by atoms with Crippen LogP contribution in [0.4, 0.5) is 17.1 Å². The SMILES string of the molecule is O=c1[nH]c2ccc(S(=O)(=O)Nc3ccc(Nc4ccccc4)cc3)cc2[nH]c1=O. The Morgan fingerprint density at radius 1 is 0.655 bits per heavy atom. The molecule has 0 aliphatic heterocycles. The fourth-order valence-electron chi connectivity index (χ4n) is 2.78. The van der Waals surface area contributed by atoms with E-state index in [1.165, 1.54) is 18.2 Å². The van der Waals surface area contributed by atoms with Gasteiger partial charge in [-0.25, -0.2) is 8.42 Å². The molecule has 9 heteroatoms. The van der Waals surface area contributed by atoms with Gasteiger partial charge in [0.15, 0.2) is 0 Å². The molecule has 0 saturated carbocycles. The van der Waals surface area contributed by atoms with Crippen molar-refractivity contribution in [3.05, 3.63) is 93.5 Å². The first-order chi connectivity index (χ1) is 13.9. The van der Waals surface area contributed by atoms with E-state index in [1.54, 1.807) is 24.3 Å². The molecular formula is C20H16N4O4S. The summed E-state index contributed by atoms with van der Waals surface area (Å²) in [6, 6.07) is 20.5. The average molecular weight is 408 g/mol. The van der Waals surface area contributed by atoms with E-state index in [4.69, 9.17) is 0 Å². The first kappa shape index (κ1) is 18.5. The van der Waals surface area contributed by atoms with Crippen LogP contribution >= 0.6 is 0 Å². The van der Waals surface area contributed by atoms with Crippen LogP contribution < -0.4 is 21.2 Å². The summed E-state index contributed by atoms with van der Waals surface area (Å²) in [5, 5.41) is 3.22. The van der Waals surface area contributed by atoms with E-state index >= 15 is 0 Å². The van der Waals surface area contributed by atoms with E-state index in [1.807, 2.05) is 30.3 Å². The molecule has 0 aliphatic carbocycles. The summed E-state index contributed by atoms with van der Waals surface area (Å²) in [4.78, 5) is 27.6. The minimum atomic E-state index is -3.88. The van der Waals surface area contributed by atoms with Gasteiger partial charge in [-0.05, 0) is 54.6 Å². The molecule has 0 unspecified atom stereocenters. The maximum atomic E-state index is 12.7. The van der Waals surface area contributed by atoms with Crippen LogP contribution in [0, 0.1) is 0 Å². The summed E-state index contributed by atoms with van der Waals surface area (Å²) >= 11 is 0. The van der Waals surface area contributed by atoms with Gasteiger partial charge in [0, 0.05) is 17.1 Å². The largest absolute Gasteiger partial charge is 0.356 e. The summed E-state index contributed by atoms with van der Waals surface area (Å²) in [5.41, 5.74) is 1.04. The number of nitrogens with one attached hydrogen (secondary N) is 4. The number of aromatic nitrogens is 2. The topological polar surface area (TPSA) is 124 Å². The van der Waals surface area contributed by atoms with Crippen LogP contribution in [0.25, 0.3) is 11.0 Å². The molecule has 1 heterocycles. The van der Waals surface area contributed by atoms with Gasteiger partial charge in [-0.3, -0.25) is 14.3 Å². The molecule has 4 rings (SSSR count). The average Bonchev–Trinajstić information content (AvgIpc) is 2.70. The standard InChI is InChI=1S/C20H16N4O4S/c25-19-20(26)23-18-12-16(10-11-17(18)22-19)29(27,28)24-15-8-6-14(7-9-15)21-13-4-2-1-3-5-13/h1-12,21,24H,(H,22,25)(H,23,26). The zero-order valence-electron chi connectivity index (χ0n) is 15.0. The highest BCUT2D eigenvalue weighted by Crippen LogP contribution is 2.22. The summed E-state index contributed by atoms with van der Waals surface area (Å²) < 4.78 is 27.9. The minimum absolute atomic E-state index is 0.0424. The Labute approximate surface area is 165 Å². The third kappa shape index (κ3) is 4.04. The predicted octanol–water partition coefficient (Wildman–Crippen LogP) is 2.76. The second kappa shape index (κ2) is 7.28. The number of rotatable bonds is 5. The molecule has 1 aromatic heterocycles. The van der Waals surface area contributed by atoms with Crippen molar-refractivity contribution in [2.45, 2.75) is 4.90 Å². The molecule has 4 N–H and O–H groups in total. The van der Waals surface area contributed by atoms with Gasteiger partial charge in [0.05, 0.1) is 15.9 Å². The number of hydrogen-bond acceptors (Lipinski definition) is 5. The predicted molar refractivity (Wildman–Crippen MR) is 112 cm³/mol. The zero-order valence-corrected chi connectivity index (χ0v) is 15.8. The van der Waals surface area contributed by atoms with Crippen LogP contribution in [0.15, 0.2) is 87.3 Å². The van der Waals surface area contributed by atoms with Crippen molar-refractivity contribution in [3.8, 4) is 0 Å². The second-order valence-corrected chi connectivity index (χ2v) is 7.97. The van der Waals surface area contributed by atoms with Crippen molar-refractivity contribution in [2.24, 2.45) is 0 Å². The molecule has 0 saturated heterocycles. The third-order valence-corrected chi connectivity index (χ3v) is 5.58. The molecule has 0 bridgehead atoms. The zero-order chi connectivity index (χ0) is 20.4. The lowest BCUT2D eigenvalue weighted by atomic mass is 10.2. The Balaban J connectivity index is 1.56. The van der Waals surface area contributed by atoms with Gasteiger partial charge in [0.1, 0.15) is 0 Å². The lowest BCUT2D eigenvalue weighted by Gasteiger charge is -2.10. The summed E-state index contributed by atoms with van der Waals surface area (Å²) in [6.45, 7) is 0. The first-order valence-electron chi connectivity index (χ1n) is 8.62. The molecule has 146 valence electrons. The maximum absolute atomic E-state index is 12.7. The Morgan fingerprint density at radius 3 is 1.93 bits per heavy atom. The fraction of sp³-hybridized carbons (Fsp3) is 0. The van der Waals surface area contributed by atoms with Crippen molar-refractivity contribution in [2.75, 3.05) is 10.0 Å². The van der Waals surface area contributed by atoms with Crippen LogP contribution in [-0.4, -0.2) is 18.4 Å². The molecule has 0 atom stereocenters. The normalized spacial score (nSPS) is 11.3. The molecule has 0 radical (unpaired) electrons. The number of benzene rings is 3. The monoisotopic (exact) mass is 408 g/mol. The van der Waals surface area contributed by atoms with Crippen molar-refractivity contribution in [1.29, 1.82) is 0 Å². The highest BCUT2D eigenvalue weighted by atomic mass is 32.2. The van der Waals surface area contributed by atoms with Gasteiger partial charge in [0.2, 0.25) is 0 Å².